The van der Waals surface area contributed by atoms with Gasteiger partial charge >= 0.3 is 5.97 Å². The first-order valence-electron chi connectivity index (χ1n) is 7.61. The van der Waals surface area contributed by atoms with Gasteiger partial charge in [0.2, 0.25) is 0 Å². The van der Waals surface area contributed by atoms with Gasteiger partial charge in [-0.3, -0.25) is 9.80 Å². The van der Waals surface area contributed by atoms with E-state index in [1.54, 1.807) is 0 Å². The third-order valence-corrected chi connectivity index (χ3v) is 4.61. The van der Waals surface area contributed by atoms with Gasteiger partial charge in [0.05, 0.1) is 5.56 Å². The van der Waals surface area contributed by atoms with Crippen molar-refractivity contribution in [2.45, 2.75) is 31.8 Å². The molecule has 2 saturated heterocycles. The molecule has 0 radical (unpaired) electrons. The minimum absolute atomic E-state index is 0.211. The molecule has 1 unspecified atom stereocenters. The summed E-state index contributed by atoms with van der Waals surface area (Å²) in [4.78, 5) is 16.0. The summed E-state index contributed by atoms with van der Waals surface area (Å²) in [6, 6.07) is 4.52. The highest BCUT2D eigenvalue weighted by atomic mass is 19.1. The highest BCUT2D eigenvalue weighted by molar-refractivity contribution is 5.89. The van der Waals surface area contributed by atoms with Crippen molar-refractivity contribution in [3.05, 3.63) is 35.1 Å². The zero-order valence-electron chi connectivity index (χ0n) is 12.1. The van der Waals surface area contributed by atoms with Crippen LogP contribution in [0.4, 0.5) is 4.39 Å². The van der Waals surface area contributed by atoms with Gasteiger partial charge in [-0.05, 0) is 43.1 Å². The van der Waals surface area contributed by atoms with E-state index < -0.39 is 5.97 Å². The molecule has 5 heteroatoms. The third-order valence-electron chi connectivity index (χ3n) is 4.61. The van der Waals surface area contributed by atoms with Crippen molar-refractivity contribution in [2.75, 3.05) is 26.2 Å². The molecule has 1 N–H and O–H groups in total. The van der Waals surface area contributed by atoms with Crippen molar-refractivity contribution in [3.8, 4) is 0 Å². The molecule has 1 aromatic carbocycles. The van der Waals surface area contributed by atoms with Gasteiger partial charge in [0.1, 0.15) is 5.82 Å². The van der Waals surface area contributed by atoms with Crippen LogP contribution in [-0.2, 0) is 6.54 Å². The zero-order chi connectivity index (χ0) is 14.8. The highest BCUT2D eigenvalue weighted by Gasteiger charge is 2.29. The molecule has 2 fully saturated rings. The summed E-state index contributed by atoms with van der Waals surface area (Å²) in [7, 11) is 0. The van der Waals surface area contributed by atoms with Crippen molar-refractivity contribution < 1.29 is 14.3 Å². The van der Waals surface area contributed by atoms with Crippen LogP contribution >= 0.6 is 0 Å². The second-order valence-electron chi connectivity index (χ2n) is 6.03. The van der Waals surface area contributed by atoms with E-state index in [1.807, 2.05) is 0 Å². The summed E-state index contributed by atoms with van der Waals surface area (Å²) < 4.78 is 13.4. The second-order valence-corrected chi connectivity index (χ2v) is 6.03. The molecule has 2 aliphatic rings. The molecule has 2 heterocycles. The average Bonchev–Trinajstić information content (AvgIpc) is 2.47. The number of fused-ring (bicyclic) bond motifs is 1. The topological polar surface area (TPSA) is 43.8 Å². The molecule has 0 aromatic heterocycles. The molecule has 1 atom stereocenters. The van der Waals surface area contributed by atoms with E-state index in [0.717, 1.165) is 19.6 Å². The standard InChI is InChI=1S/C16H21FN2O2/c17-13-4-5-15(16(20)21)12(9-13)10-18-7-8-19-6-2-1-3-14(19)11-18/h4-5,9,14H,1-3,6-8,10-11H2,(H,20,21). The lowest BCUT2D eigenvalue weighted by Crippen LogP contribution is -2.54. The number of benzene rings is 1. The van der Waals surface area contributed by atoms with E-state index in [2.05, 4.69) is 9.80 Å². The first-order valence-corrected chi connectivity index (χ1v) is 7.61. The van der Waals surface area contributed by atoms with Crippen LogP contribution in [0.25, 0.3) is 0 Å². The van der Waals surface area contributed by atoms with Crippen LogP contribution in [0.3, 0.4) is 0 Å². The second kappa shape index (κ2) is 6.12. The molecule has 3 rings (SSSR count). The zero-order valence-corrected chi connectivity index (χ0v) is 12.1. The number of hydrogen-bond acceptors (Lipinski definition) is 3. The maximum absolute atomic E-state index is 13.4. The van der Waals surface area contributed by atoms with Crippen molar-refractivity contribution in [2.24, 2.45) is 0 Å². The Hall–Kier alpha value is -1.46. The van der Waals surface area contributed by atoms with Crippen LogP contribution in [0, 0.1) is 5.82 Å². The Labute approximate surface area is 124 Å². The fraction of sp³-hybridized carbons (Fsp3) is 0.562. The lowest BCUT2D eigenvalue weighted by molar-refractivity contribution is 0.0452. The van der Waals surface area contributed by atoms with Crippen molar-refractivity contribution in [1.29, 1.82) is 0 Å². The molecular formula is C16H21FN2O2. The number of rotatable bonds is 3. The third kappa shape index (κ3) is 3.24. The quantitative estimate of drug-likeness (QED) is 0.927. The normalized spacial score (nSPS) is 23.8. The summed E-state index contributed by atoms with van der Waals surface area (Å²) in [6.07, 6.45) is 3.77. The number of halogens is 1. The fourth-order valence-electron chi connectivity index (χ4n) is 3.51. The number of piperidine rings is 1. The van der Waals surface area contributed by atoms with Crippen LogP contribution in [0.2, 0.25) is 0 Å². The minimum atomic E-state index is -0.985. The molecule has 0 bridgehead atoms. The van der Waals surface area contributed by atoms with E-state index in [4.69, 9.17) is 0 Å². The number of carboxylic acid groups (broad SMARTS) is 1. The predicted molar refractivity (Wildman–Crippen MR) is 77.8 cm³/mol. The van der Waals surface area contributed by atoms with E-state index in [9.17, 15) is 14.3 Å². The molecular weight excluding hydrogens is 271 g/mol. The van der Waals surface area contributed by atoms with Gasteiger partial charge in [-0.1, -0.05) is 6.42 Å². The summed E-state index contributed by atoms with van der Waals surface area (Å²) in [6.45, 7) is 4.60. The molecule has 0 spiro atoms. The van der Waals surface area contributed by atoms with Crippen LogP contribution in [0.1, 0.15) is 35.2 Å². The Kier molecular flexibility index (Phi) is 4.22. The smallest absolute Gasteiger partial charge is 0.336 e. The Morgan fingerprint density at radius 3 is 2.95 bits per heavy atom. The SMILES string of the molecule is O=C(O)c1ccc(F)cc1CN1CCN2CCCCC2C1. The van der Waals surface area contributed by atoms with Crippen molar-refractivity contribution in [1.82, 2.24) is 9.80 Å². The minimum Gasteiger partial charge on any atom is -0.478 e. The monoisotopic (exact) mass is 292 g/mol. The van der Waals surface area contributed by atoms with Gasteiger partial charge in [0.25, 0.3) is 0 Å². The highest BCUT2D eigenvalue weighted by Crippen LogP contribution is 2.23. The first-order chi connectivity index (χ1) is 10.1. The maximum atomic E-state index is 13.4. The summed E-state index contributed by atoms with van der Waals surface area (Å²) >= 11 is 0. The van der Waals surface area contributed by atoms with Crippen LogP contribution in [-0.4, -0.2) is 53.1 Å². The molecule has 0 aliphatic carbocycles. The lowest BCUT2D eigenvalue weighted by atomic mass is 9.98. The maximum Gasteiger partial charge on any atom is 0.336 e. The van der Waals surface area contributed by atoms with Gasteiger partial charge in [-0.2, -0.15) is 0 Å². The molecule has 2 aliphatic heterocycles. The number of nitrogens with zero attached hydrogens (tertiary/aromatic N) is 2. The Bertz CT molecular complexity index is 535. The summed E-state index contributed by atoms with van der Waals surface area (Å²) in [5.74, 6) is -1.35. The summed E-state index contributed by atoms with van der Waals surface area (Å²) in [5, 5.41) is 9.22. The van der Waals surface area contributed by atoms with Gasteiger partial charge in [0.15, 0.2) is 0 Å². The fourth-order valence-corrected chi connectivity index (χ4v) is 3.51. The molecule has 4 nitrogen and oxygen atoms in total. The molecule has 1 aromatic rings. The Balaban J connectivity index is 1.72. The van der Waals surface area contributed by atoms with E-state index >= 15 is 0 Å². The van der Waals surface area contributed by atoms with Crippen molar-refractivity contribution in [3.63, 3.8) is 0 Å². The number of carboxylic acids is 1. The average molecular weight is 292 g/mol. The van der Waals surface area contributed by atoms with E-state index in [1.165, 1.54) is 44.0 Å². The predicted octanol–water partition coefficient (Wildman–Crippen LogP) is 2.19. The van der Waals surface area contributed by atoms with Crippen LogP contribution in [0.5, 0.6) is 0 Å². The lowest BCUT2D eigenvalue weighted by Gasteiger charge is -2.44. The van der Waals surface area contributed by atoms with E-state index in [-0.39, 0.29) is 11.4 Å². The van der Waals surface area contributed by atoms with E-state index in [0.29, 0.717) is 18.2 Å². The molecule has 114 valence electrons. The Morgan fingerprint density at radius 1 is 1.29 bits per heavy atom. The number of aromatic carboxylic acids is 1. The molecule has 0 amide bonds. The number of carbonyl (C=O) groups is 1. The van der Waals surface area contributed by atoms with Crippen LogP contribution < -0.4 is 0 Å². The van der Waals surface area contributed by atoms with Gasteiger partial charge in [-0.15, -0.1) is 0 Å². The Morgan fingerprint density at radius 2 is 2.14 bits per heavy atom. The number of hydrogen-bond donors (Lipinski definition) is 1. The molecule has 21 heavy (non-hydrogen) atoms. The largest absolute Gasteiger partial charge is 0.478 e. The van der Waals surface area contributed by atoms with Gasteiger partial charge in [-0.25, -0.2) is 9.18 Å². The summed E-state index contributed by atoms with van der Waals surface area (Å²) in [5.41, 5.74) is 0.786. The molecule has 0 saturated carbocycles. The van der Waals surface area contributed by atoms with Gasteiger partial charge in [0, 0.05) is 32.2 Å². The van der Waals surface area contributed by atoms with Crippen molar-refractivity contribution >= 4 is 5.97 Å². The number of piperazine rings is 1. The van der Waals surface area contributed by atoms with Gasteiger partial charge < -0.3 is 5.11 Å². The van der Waals surface area contributed by atoms with Crippen LogP contribution in [0.15, 0.2) is 18.2 Å². The first kappa shape index (κ1) is 14.5.